The van der Waals surface area contributed by atoms with Crippen LogP contribution in [0.25, 0.3) is 0 Å². The summed E-state index contributed by atoms with van der Waals surface area (Å²) >= 11 is 5.89. The molecule has 0 amide bonds. The largest absolute Gasteiger partial charge is 0.491 e. The normalized spacial score (nSPS) is 11.6. The summed E-state index contributed by atoms with van der Waals surface area (Å²) in [6.07, 6.45) is 0. The van der Waals surface area contributed by atoms with E-state index in [-0.39, 0.29) is 5.60 Å². The molecular formula is C13H19ClO2. The molecule has 3 heteroatoms. The Hall–Kier alpha value is -0.730. The first-order valence-corrected chi connectivity index (χ1v) is 5.79. The highest BCUT2D eigenvalue weighted by molar-refractivity contribution is 6.30. The van der Waals surface area contributed by atoms with Gasteiger partial charge in [0, 0.05) is 5.02 Å². The summed E-state index contributed by atoms with van der Waals surface area (Å²) in [7, 11) is 0. The van der Waals surface area contributed by atoms with Crippen molar-refractivity contribution in [2.24, 2.45) is 0 Å². The summed E-state index contributed by atoms with van der Waals surface area (Å²) < 4.78 is 11.2. The Balaban J connectivity index is 2.40. The topological polar surface area (TPSA) is 18.5 Å². The fourth-order valence-corrected chi connectivity index (χ4v) is 1.39. The molecule has 0 bridgehead atoms. The standard InChI is InChI=1S/C13H19ClO2/c1-10-5-6-11(14)9-12(10)15-7-8-16-13(2,3)4/h5-6,9H,7-8H2,1-4H3. The molecule has 1 rings (SSSR count). The first-order chi connectivity index (χ1) is 7.38. The van der Waals surface area contributed by atoms with Crippen molar-refractivity contribution in [3.63, 3.8) is 0 Å². The molecule has 0 radical (unpaired) electrons. The Bertz CT molecular complexity index is 342. The van der Waals surface area contributed by atoms with E-state index in [0.29, 0.717) is 18.2 Å². The van der Waals surface area contributed by atoms with Crippen LogP contribution < -0.4 is 4.74 Å². The molecule has 2 nitrogen and oxygen atoms in total. The van der Waals surface area contributed by atoms with E-state index in [9.17, 15) is 0 Å². The minimum Gasteiger partial charge on any atom is -0.491 e. The van der Waals surface area contributed by atoms with Gasteiger partial charge in [-0.05, 0) is 45.4 Å². The lowest BCUT2D eigenvalue weighted by atomic mass is 10.2. The third-order valence-corrected chi connectivity index (χ3v) is 2.26. The summed E-state index contributed by atoms with van der Waals surface area (Å²) in [4.78, 5) is 0. The quantitative estimate of drug-likeness (QED) is 0.747. The van der Waals surface area contributed by atoms with Crippen LogP contribution in [-0.2, 0) is 4.74 Å². The molecule has 0 aliphatic carbocycles. The number of rotatable bonds is 4. The van der Waals surface area contributed by atoms with Crippen molar-refractivity contribution >= 4 is 11.6 Å². The van der Waals surface area contributed by atoms with Crippen LogP contribution in [0.1, 0.15) is 26.3 Å². The smallest absolute Gasteiger partial charge is 0.123 e. The maximum Gasteiger partial charge on any atom is 0.123 e. The van der Waals surface area contributed by atoms with Crippen molar-refractivity contribution in [2.75, 3.05) is 13.2 Å². The summed E-state index contributed by atoms with van der Waals surface area (Å²) in [5.41, 5.74) is 0.965. The van der Waals surface area contributed by atoms with Crippen molar-refractivity contribution in [1.29, 1.82) is 0 Å². The Labute approximate surface area is 103 Å². The minimum atomic E-state index is -0.118. The highest BCUT2D eigenvalue weighted by Crippen LogP contribution is 2.22. The SMILES string of the molecule is Cc1ccc(Cl)cc1OCCOC(C)(C)C. The first kappa shape index (κ1) is 13.3. The maximum absolute atomic E-state index is 5.89. The molecular weight excluding hydrogens is 224 g/mol. The number of hydrogen-bond acceptors (Lipinski definition) is 2. The van der Waals surface area contributed by atoms with Gasteiger partial charge in [0.1, 0.15) is 12.4 Å². The van der Waals surface area contributed by atoms with Gasteiger partial charge in [-0.25, -0.2) is 0 Å². The summed E-state index contributed by atoms with van der Waals surface area (Å²) in [6, 6.07) is 5.63. The Morgan fingerprint density at radius 1 is 1.19 bits per heavy atom. The number of benzene rings is 1. The van der Waals surface area contributed by atoms with Gasteiger partial charge in [-0.3, -0.25) is 0 Å². The zero-order valence-corrected chi connectivity index (χ0v) is 11.1. The molecule has 0 aliphatic heterocycles. The minimum absolute atomic E-state index is 0.118. The lowest BCUT2D eigenvalue weighted by Gasteiger charge is -2.19. The fourth-order valence-electron chi connectivity index (χ4n) is 1.23. The third kappa shape index (κ3) is 4.86. The maximum atomic E-state index is 5.89. The van der Waals surface area contributed by atoms with Crippen molar-refractivity contribution < 1.29 is 9.47 Å². The summed E-state index contributed by atoms with van der Waals surface area (Å²) in [5.74, 6) is 0.824. The zero-order chi connectivity index (χ0) is 12.2. The van der Waals surface area contributed by atoms with E-state index in [0.717, 1.165) is 11.3 Å². The number of halogens is 1. The van der Waals surface area contributed by atoms with Crippen molar-refractivity contribution in [3.8, 4) is 5.75 Å². The van der Waals surface area contributed by atoms with Crippen LogP contribution in [0.3, 0.4) is 0 Å². The predicted molar refractivity (Wildman–Crippen MR) is 67.4 cm³/mol. The third-order valence-electron chi connectivity index (χ3n) is 2.03. The van der Waals surface area contributed by atoms with Crippen LogP contribution in [0, 0.1) is 6.92 Å². The van der Waals surface area contributed by atoms with E-state index in [1.165, 1.54) is 0 Å². The zero-order valence-electron chi connectivity index (χ0n) is 10.3. The Morgan fingerprint density at radius 3 is 2.50 bits per heavy atom. The van der Waals surface area contributed by atoms with Crippen molar-refractivity contribution in [3.05, 3.63) is 28.8 Å². The summed E-state index contributed by atoms with van der Waals surface area (Å²) in [5, 5.41) is 0.692. The van der Waals surface area contributed by atoms with E-state index >= 15 is 0 Å². The monoisotopic (exact) mass is 242 g/mol. The van der Waals surface area contributed by atoms with Gasteiger partial charge in [0.25, 0.3) is 0 Å². The second-order valence-corrected chi connectivity index (χ2v) is 5.16. The molecule has 0 fully saturated rings. The van der Waals surface area contributed by atoms with Crippen LogP contribution in [-0.4, -0.2) is 18.8 Å². The van der Waals surface area contributed by atoms with E-state index in [2.05, 4.69) is 0 Å². The lowest BCUT2D eigenvalue weighted by molar-refractivity contribution is -0.0163. The molecule has 0 unspecified atom stereocenters. The highest BCUT2D eigenvalue weighted by atomic mass is 35.5. The van der Waals surface area contributed by atoms with Crippen LogP contribution in [0.2, 0.25) is 5.02 Å². The van der Waals surface area contributed by atoms with Crippen molar-refractivity contribution in [2.45, 2.75) is 33.3 Å². The van der Waals surface area contributed by atoms with E-state index < -0.39 is 0 Å². The van der Waals surface area contributed by atoms with Gasteiger partial charge in [0.05, 0.1) is 12.2 Å². The lowest BCUT2D eigenvalue weighted by Crippen LogP contribution is -2.22. The molecule has 1 aromatic carbocycles. The van der Waals surface area contributed by atoms with Gasteiger partial charge >= 0.3 is 0 Å². The molecule has 0 saturated carbocycles. The molecule has 16 heavy (non-hydrogen) atoms. The molecule has 0 aliphatic rings. The number of hydrogen-bond donors (Lipinski definition) is 0. The molecule has 0 N–H and O–H groups in total. The van der Waals surface area contributed by atoms with Crippen LogP contribution in [0.5, 0.6) is 5.75 Å². The Kier molecular flexibility index (Phi) is 4.63. The van der Waals surface area contributed by atoms with E-state index in [1.807, 2.05) is 45.9 Å². The molecule has 90 valence electrons. The van der Waals surface area contributed by atoms with Crippen LogP contribution in [0.15, 0.2) is 18.2 Å². The van der Waals surface area contributed by atoms with Gasteiger partial charge in [-0.1, -0.05) is 17.7 Å². The Morgan fingerprint density at radius 2 is 1.88 bits per heavy atom. The van der Waals surface area contributed by atoms with Crippen LogP contribution in [0.4, 0.5) is 0 Å². The van der Waals surface area contributed by atoms with Crippen LogP contribution >= 0.6 is 11.6 Å². The molecule has 0 spiro atoms. The molecule has 1 aromatic rings. The average molecular weight is 243 g/mol. The molecule has 0 aromatic heterocycles. The molecule has 0 heterocycles. The second kappa shape index (κ2) is 5.55. The van der Waals surface area contributed by atoms with Crippen molar-refractivity contribution in [1.82, 2.24) is 0 Å². The van der Waals surface area contributed by atoms with E-state index in [1.54, 1.807) is 0 Å². The van der Waals surface area contributed by atoms with Gasteiger partial charge in [0.2, 0.25) is 0 Å². The molecule has 0 saturated heterocycles. The number of ether oxygens (including phenoxy) is 2. The highest BCUT2D eigenvalue weighted by Gasteiger charge is 2.09. The summed E-state index contributed by atoms with van der Waals surface area (Å²) in [6.45, 7) is 9.19. The van der Waals surface area contributed by atoms with E-state index in [4.69, 9.17) is 21.1 Å². The fraction of sp³-hybridized carbons (Fsp3) is 0.538. The van der Waals surface area contributed by atoms with Gasteiger partial charge in [-0.15, -0.1) is 0 Å². The van der Waals surface area contributed by atoms with Gasteiger partial charge < -0.3 is 9.47 Å². The molecule has 0 atom stereocenters. The van der Waals surface area contributed by atoms with Gasteiger partial charge in [-0.2, -0.15) is 0 Å². The first-order valence-electron chi connectivity index (χ1n) is 5.41. The number of aryl methyl sites for hydroxylation is 1. The van der Waals surface area contributed by atoms with Gasteiger partial charge in [0.15, 0.2) is 0 Å². The second-order valence-electron chi connectivity index (χ2n) is 4.72. The predicted octanol–water partition coefficient (Wildman–Crippen LogP) is 3.84. The average Bonchev–Trinajstić information content (AvgIpc) is 2.16.